The topological polar surface area (TPSA) is 97.3 Å². The van der Waals surface area contributed by atoms with Gasteiger partial charge < -0.3 is 14.5 Å². The van der Waals surface area contributed by atoms with Crippen molar-refractivity contribution in [3.63, 3.8) is 0 Å². The number of furan rings is 1. The summed E-state index contributed by atoms with van der Waals surface area (Å²) in [4.78, 5) is 24.8. The van der Waals surface area contributed by atoms with Gasteiger partial charge in [-0.2, -0.15) is 5.26 Å². The first kappa shape index (κ1) is 19.0. The molecule has 3 aromatic rings. The van der Waals surface area contributed by atoms with Gasteiger partial charge in [-0.25, -0.2) is 4.79 Å². The zero-order chi connectivity index (χ0) is 20.1. The SMILES string of the molecule is Cc1oc(-n2cccc2)c(C#N)c1C(=O)O[C@H](C)C(=O)NCc1ccccc1. The van der Waals surface area contributed by atoms with Gasteiger partial charge in [-0.3, -0.25) is 9.36 Å². The van der Waals surface area contributed by atoms with Crippen molar-refractivity contribution in [2.24, 2.45) is 0 Å². The lowest BCUT2D eigenvalue weighted by molar-refractivity contribution is -0.129. The number of nitrogens with one attached hydrogen (secondary N) is 1. The molecule has 0 radical (unpaired) electrons. The van der Waals surface area contributed by atoms with E-state index in [9.17, 15) is 14.9 Å². The van der Waals surface area contributed by atoms with Gasteiger partial charge in [0.1, 0.15) is 23.0 Å². The number of hydrogen-bond donors (Lipinski definition) is 1. The molecule has 142 valence electrons. The number of rotatable bonds is 6. The molecule has 0 saturated carbocycles. The Bertz CT molecular complexity index is 1010. The van der Waals surface area contributed by atoms with Gasteiger partial charge in [-0.05, 0) is 31.5 Å². The van der Waals surface area contributed by atoms with Crippen LogP contribution in [-0.2, 0) is 16.1 Å². The van der Waals surface area contributed by atoms with E-state index in [0.717, 1.165) is 5.56 Å². The fourth-order valence-electron chi connectivity index (χ4n) is 2.73. The van der Waals surface area contributed by atoms with E-state index < -0.39 is 18.0 Å². The fraction of sp³-hybridized carbons (Fsp3) is 0.190. The third-order valence-electron chi connectivity index (χ3n) is 4.18. The highest BCUT2D eigenvalue weighted by Crippen LogP contribution is 2.26. The maximum Gasteiger partial charge on any atom is 0.343 e. The molecule has 1 atom stereocenters. The Morgan fingerprint density at radius 2 is 1.89 bits per heavy atom. The minimum Gasteiger partial charge on any atom is -0.449 e. The molecule has 7 heteroatoms. The van der Waals surface area contributed by atoms with Gasteiger partial charge in [-0.1, -0.05) is 30.3 Å². The van der Waals surface area contributed by atoms with Crippen LogP contribution in [0.1, 0.15) is 34.2 Å². The van der Waals surface area contributed by atoms with Crippen LogP contribution in [0.4, 0.5) is 0 Å². The third-order valence-corrected chi connectivity index (χ3v) is 4.18. The van der Waals surface area contributed by atoms with Crippen LogP contribution < -0.4 is 5.32 Å². The van der Waals surface area contributed by atoms with Gasteiger partial charge in [0.2, 0.25) is 5.88 Å². The average Bonchev–Trinajstić information content (AvgIpc) is 3.34. The van der Waals surface area contributed by atoms with Gasteiger partial charge in [0.05, 0.1) is 0 Å². The summed E-state index contributed by atoms with van der Waals surface area (Å²) < 4.78 is 12.5. The summed E-state index contributed by atoms with van der Waals surface area (Å²) in [6.07, 6.45) is 2.38. The molecule has 3 rings (SSSR count). The zero-order valence-corrected chi connectivity index (χ0v) is 15.5. The normalized spacial score (nSPS) is 11.5. The van der Waals surface area contributed by atoms with E-state index in [-0.39, 0.29) is 22.8 Å². The maximum absolute atomic E-state index is 12.6. The Balaban J connectivity index is 1.70. The van der Waals surface area contributed by atoms with E-state index in [2.05, 4.69) is 5.32 Å². The number of benzene rings is 1. The van der Waals surface area contributed by atoms with Crippen molar-refractivity contribution in [2.45, 2.75) is 26.5 Å². The van der Waals surface area contributed by atoms with Gasteiger partial charge in [0, 0.05) is 18.9 Å². The summed E-state index contributed by atoms with van der Waals surface area (Å²) >= 11 is 0. The first-order valence-electron chi connectivity index (χ1n) is 8.70. The number of ether oxygens (including phenoxy) is 1. The van der Waals surface area contributed by atoms with Crippen LogP contribution >= 0.6 is 0 Å². The van der Waals surface area contributed by atoms with Crippen molar-refractivity contribution in [3.05, 3.63) is 77.3 Å². The predicted octanol–water partition coefficient (Wildman–Crippen LogP) is 3.11. The average molecular weight is 377 g/mol. The number of aryl methyl sites for hydroxylation is 1. The summed E-state index contributed by atoms with van der Waals surface area (Å²) in [7, 11) is 0. The molecular formula is C21H19N3O4. The number of aromatic nitrogens is 1. The molecule has 0 bridgehead atoms. The summed E-state index contributed by atoms with van der Waals surface area (Å²) in [5.74, 6) is -0.721. The predicted molar refractivity (Wildman–Crippen MR) is 101 cm³/mol. The molecule has 1 amide bonds. The first-order valence-corrected chi connectivity index (χ1v) is 8.70. The van der Waals surface area contributed by atoms with Crippen molar-refractivity contribution in [2.75, 3.05) is 0 Å². The molecule has 2 aromatic heterocycles. The Morgan fingerprint density at radius 3 is 2.54 bits per heavy atom. The summed E-state index contributed by atoms with van der Waals surface area (Å²) in [6, 6.07) is 14.9. The molecule has 0 fully saturated rings. The Labute approximate surface area is 162 Å². The lowest BCUT2D eigenvalue weighted by atomic mass is 10.1. The van der Waals surface area contributed by atoms with E-state index in [1.807, 2.05) is 36.4 Å². The van der Waals surface area contributed by atoms with E-state index in [0.29, 0.717) is 6.54 Å². The maximum atomic E-state index is 12.6. The number of carbonyl (C=O) groups is 2. The highest BCUT2D eigenvalue weighted by Gasteiger charge is 2.28. The molecule has 1 aromatic carbocycles. The number of nitriles is 1. The fourth-order valence-corrected chi connectivity index (χ4v) is 2.73. The van der Waals surface area contributed by atoms with Crippen LogP contribution in [0.25, 0.3) is 5.88 Å². The first-order chi connectivity index (χ1) is 13.5. The third kappa shape index (κ3) is 3.96. The number of nitrogens with zero attached hydrogens (tertiary/aromatic N) is 2. The minimum absolute atomic E-state index is 0.0221. The van der Waals surface area contributed by atoms with Crippen LogP contribution in [-0.4, -0.2) is 22.5 Å². The molecule has 2 heterocycles. The molecule has 0 aliphatic heterocycles. The monoisotopic (exact) mass is 377 g/mol. The molecular weight excluding hydrogens is 358 g/mol. The smallest absolute Gasteiger partial charge is 0.343 e. The second kappa shape index (κ2) is 8.27. The number of carbonyl (C=O) groups excluding carboxylic acids is 2. The summed E-state index contributed by atoms with van der Waals surface area (Å²) in [6.45, 7) is 3.38. The molecule has 0 unspecified atom stereocenters. The number of hydrogen-bond acceptors (Lipinski definition) is 5. The summed E-state index contributed by atoms with van der Waals surface area (Å²) in [5, 5.41) is 12.2. The van der Waals surface area contributed by atoms with Crippen molar-refractivity contribution < 1.29 is 18.7 Å². The van der Waals surface area contributed by atoms with Crippen molar-refractivity contribution in [1.29, 1.82) is 5.26 Å². The van der Waals surface area contributed by atoms with Crippen molar-refractivity contribution >= 4 is 11.9 Å². The molecule has 0 aliphatic rings. The van der Waals surface area contributed by atoms with E-state index in [1.165, 1.54) is 6.92 Å². The minimum atomic E-state index is -1.02. The van der Waals surface area contributed by atoms with Gasteiger partial charge >= 0.3 is 5.97 Å². The molecule has 1 N–H and O–H groups in total. The van der Waals surface area contributed by atoms with E-state index >= 15 is 0 Å². The Morgan fingerprint density at radius 1 is 1.21 bits per heavy atom. The van der Waals surface area contributed by atoms with Gasteiger partial charge in [0.15, 0.2) is 6.10 Å². The molecule has 0 saturated heterocycles. The van der Waals surface area contributed by atoms with Crippen LogP contribution in [0.2, 0.25) is 0 Å². The largest absolute Gasteiger partial charge is 0.449 e. The van der Waals surface area contributed by atoms with Crippen molar-refractivity contribution in [3.8, 4) is 12.0 Å². The highest BCUT2D eigenvalue weighted by atomic mass is 16.5. The zero-order valence-electron chi connectivity index (χ0n) is 15.5. The van der Waals surface area contributed by atoms with Gasteiger partial charge in [-0.15, -0.1) is 0 Å². The van der Waals surface area contributed by atoms with Gasteiger partial charge in [0.25, 0.3) is 5.91 Å². The second-order valence-electron chi connectivity index (χ2n) is 6.17. The highest BCUT2D eigenvalue weighted by molar-refractivity contribution is 5.96. The standard InChI is InChI=1S/C21H19N3O4/c1-14-18(17(12-22)20(27-14)24-10-6-7-11-24)21(26)28-15(2)19(25)23-13-16-8-4-3-5-9-16/h3-11,15H,13H2,1-2H3,(H,23,25)/t15-/m1/s1. The molecule has 7 nitrogen and oxygen atoms in total. The lowest BCUT2D eigenvalue weighted by Gasteiger charge is -2.13. The van der Waals surface area contributed by atoms with Crippen LogP contribution in [0.5, 0.6) is 0 Å². The molecule has 28 heavy (non-hydrogen) atoms. The Kier molecular flexibility index (Phi) is 5.61. The van der Waals surface area contributed by atoms with Crippen LogP contribution in [0.3, 0.4) is 0 Å². The second-order valence-corrected chi connectivity index (χ2v) is 6.17. The summed E-state index contributed by atoms with van der Waals surface area (Å²) in [5.41, 5.74) is 1.02. The van der Waals surface area contributed by atoms with E-state index in [1.54, 1.807) is 36.0 Å². The van der Waals surface area contributed by atoms with Crippen LogP contribution in [0.15, 0.2) is 59.3 Å². The number of amides is 1. The quantitative estimate of drug-likeness (QED) is 0.666. The van der Waals surface area contributed by atoms with Crippen molar-refractivity contribution in [1.82, 2.24) is 9.88 Å². The van der Waals surface area contributed by atoms with Crippen LogP contribution in [0, 0.1) is 18.3 Å². The Hall–Kier alpha value is -3.79. The molecule has 0 aliphatic carbocycles. The molecule has 0 spiro atoms. The lowest BCUT2D eigenvalue weighted by Crippen LogP contribution is -2.35. The number of esters is 1. The van der Waals surface area contributed by atoms with E-state index in [4.69, 9.17) is 9.15 Å².